The van der Waals surface area contributed by atoms with Gasteiger partial charge in [0, 0.05) is 30.2 Å². The van der Waals surface area contributed by atoms with Crippen LogP contribution >= 0.6 is 11.3 Å². The van der Waals surface area contributed by atoms with Crippen molar-refractivity contribution in [3.63, 3.8) is 0 Å². The first kappa shape index (κ1) is 17.6. The Morgan fingerprint density at radius 1 is 1.39 bits per heavy atom. The van der Waals surface area contributed by atoms with E-state index in [1.807, 2.05) is 19.2 Å². The van der Waals surface area contributed by atoms with E-state index in [1.54, 1.807) is 6.20 Å². The molecule has 2 aromatic heterocycles. The van der Waals surface area contributed by atoms with E-state index >= 15 is 0 Å². The molecule has 0 aliphatic rings. The van der Waals surface area contributed by atoms with Gasteiger partial charge in [-0.2, -0.15) is 0 Å². The summed E-state index contributed by atoms with van der Waals surface area (Å²) < 4.78 is 0. The molecule has 0 aliphatic heterocycles. The van der Waals surface area contributed by atoms with E-state index in [4.69, 9.17) is 5.73 Å². The average molecular weight is 332 g/mol. The van der Waals surface area contributed by atoms with Crippen molar-refractivity contribution >= 4 is 17.2 Å². The number of nitrogens with two attached hydrogens (primary N) is 1. The Morgan fingerprint density at radius 3 is 2.78 bits per heavy atom. The second-order valence-electron chi connectivity index (χ2n) is 6.52. The summed E-state index contributed by atoms with van der Waals surface area (Å²) in [6.45, 7) is 9.35. The predicted molar refractivity (Wildman–Crippen MR) is 93.7 cm³/mol. The topological polar surface area (TPSA) is 80.9 Å². The molecule has 2 heterocycles. The van der Waals surface area contributed by atoms with Crippen LogP contribution in [-0.4, -0.2) is 22.4 Å². The molecule has 0 unspecified atom stereocenters. The molecule has 0 bridgehead atoms. The van der Waals surface area contributed by atoms with Crippen LogP contribution in [0.5, 0.6) is 0 Å². The molecule has 0 spiro atoms. The summed E-state index contributed by atoms with van der Waals surface area (Å²) in [4.78, 5) is 21.9. The fraction of sp³-hybridized carbons (Fsp3) is 0.471. The summed E-state index contributed by atoms with van der Waals surface area (Å²) in [6.07, 6.45) is 4.31. The Kier molecular flexibility index (Phi) is 5.49. The van der Waals surface area contributed by atoms with Gasteiger partial charge in [-0.25, -0.2) is 4.98 Å². The van der Waals surface area contributed by atoms with Gasteiger partial charge in [-0.3, -0.25) is 9.78 Å². The maximum Gasteiger partial charge on any atom is 0.271 e. The van der Waals surface area contributed by atoms with Crippen LogP contribution in [-0.2, 0) is 18.4 Å². The van der Waals surface area contributed by atoms with Crippen molar-refractivity contribution in [3.05, 3.63) is 45.2 Å². The third kappa shape index (κ3) is 4.36. The molecule has 0 saturated carbocycles. The third-order valence-electron chi connectivity index (χ3n) is 3.57. The van der Waals surface area contributed by atoms with Gasteiger partial charge in [-0.05, 0) is 36.1 Å². The minimum atomic E-state index is -0.147. The zero-order valence-electron chi connectivity index (χ0n) is 14.1. The maximum atomic E-state index is 12.4. The number of thiazole rings is 1. The van der Waals surface area contributed by atoms with Crippen LogP contribution in [0, 0.1) is 6.92 Å². The Hall–Kier alpha value is -1.79. The number of hydrogen-bond donors (Lipinski definition) is 2. The largest absolute Gasteiger partial charge is 0.347 e. The minimum absolute atomic E-state index is 0.00778. The lowest BCUT2D eigenvalue weighted by Gasteiger charge is -2.22. The Morgan fingerprint density at radius 2 is 2.13 bits per heavy atom. The van der Waals surface area contributed by atoms with Gasteiger partial charge in [0.1, 0.15) is 5.69 Å². The molecule has 0 aliphatic carbocycles. The molecule has 3 N–H and O–H groups in total. The van der Waals surface area contributed by atoms with E-state index in [-0.39, 0.29) is 11.3 Å². The summed E-state index contributed by atoms with van der Waals surface area (Å²) in [5, 5.41) is 3.87. The van der Waals surface area contributed by atoms with E-state index < -0.39 is 0 Å². The molecule has 2 aromatic rings. The highest BCUT2D eigenvalue weighted by Gasteiger charge is 2.19. The first-order valence-corrected chi connectivity index (χ1v) is 8.52. The molecular formula is C17H24N4OS. The van der Waals surface area contributed by atoms with Crippen molar-refractivity contribution < 1.29 is 4.79 Å². The second kappa shape index (κ2) is 7.19. The van der Waals surface area contributed by atoms with Crippen LogP contribution in [0.2, 0.25) is 0 Å². The molecule has 1 amide bonds. The molecule has 124 valence electrons. The molecule has 0 saturated heterocycles. The normalized spacial score (nSPS) is 11.5. The number of hydrogen-bond acceptors (Lipinski definition) is 5. The lowest BCUT2D eigenvalue weighted by Crippen LogP contribution is -2.26. The number of pyridine rings is 1. The van der Waals surface area contributed by atoms with Gasteiger partial charge in [0.2, 0.25) is 0 Å². The van der Waals surface area contributed by atoms with Gasteiger partial charge >= 0.3 is 0 Å². The first-order valence-electron chi connectivity index (χ1n) is 7.71. The van der Waals surface area contributed by atoms with Gasteiger partial charge in [-0.15, -0.1) is 11.3 Å². The van der Waals surface area contributed by atoms with Gasteiger partial charge in [0.05, 0.1) is 5.01 Å². The molecule has 0 atom stereocenters. The monoisotopic (exact) mass is 332 g/mol. The van der Waals surface area contributed by atoms with Crippen molar-refractivity contribution in [1.82, 2.24) is 15.3 Å². The maximum absolute atomic E-state index is 12.4. The number of carbonyl (C=O) groups excluding carboxylic acids is 1. The number of aryl methyl sites for hydroxylation is 1. The number of carbonyl (C=O) groups is 1. The summed E-state index contributed by atoms with van der Waals surface area (Å²) in [5.41, 5.74) is 8.27. The summed E-state index contributed by atoms with van der Waals surface area (Å²) in [7, 11) is 0. The van der Waals surface area contributed by atoms with Gasteiger partial charge < -0.3 is 11.1 Å². The van der Waals surface area contributed by atoms with Crippen LogP contribution < -0.4 is 11.1 Å². The summed E-state index contributed by atoms with van der Waals surface area (Å²) >= 11 is 1.53. The van der Waals surface area contributed by atoms with E-state index in [1.165, 1.54) is 16.9 Å². The second-order valence-corrected chi connectivity index (χ2v) is 7.80. The zero-order chi connectivity index (χ0) is 17.0. The smallest absolute Gasteiger partial charge is 0.271 e. The molecule has 0 radical (unpaired) electrons. The Balaban J connectivity index is 2.11. The third-order valence-corrected chi connectivity index (χ3v) is 4.60. The molecule has 0 fully saturated rings. The van der Waals surface area contributed by atoms with E-state index in [2.05, 4.69) is 36.1 Å². The Labute approximate surface area is 141 Å². The van der Waals surface area contributed by atoms with Crippen molar-refractivity contribution in [2.75, 3.05) is 6.54 Å². The zero-order valence-corrected chi connectivity index (χ0v) is 15.0. The molecule has 0 aromatic carbocycles. The van der Waals surface area contributed by atoms with Crippen molar-refractivity contribution in [2.45, 2.75) is 46.1 Å². The van der Waals surface area contributed by atoms with Crippen LogP contribution in [0.15, 0.2) is 18.5 Å². The Bertz CT molecular complexity index is 688. The first-order chi connectivity index (χ1) is 10.8. The van der Waals surface area contributed by atoms with Gasteiger partial charge in [0.25, 0.3) is 5.91 Å². The predicted octanol–water partition coefficient (Wildman–Crippen LogP) is 2.58. The molecule has 6 heteroatoms. The molecule has 2 rings (SSSR count). The van der Waals surface area contributed by atoms with Crippen LogP contribution in [0.1, 0.15) is 52.3 Å². The highest BCUT2D eigenvalue weighted by molar-refractivity contribution is 7.11. The number of amides is 1. The molecule has 23 heavy (non-hydrogen) atoms. The van der Waals surface area contributed by atoms with Crippen molar-refractivity contribution in [2.24, 2.45) is 5.73 Å². The fourth-order valence-electron chi connectivity index (χ4n) is 2.45. The highest BCUT2D eigenvalue weighted by Crippen LogP contribution is 2.25. The lowest BCUT2D eigenvalue weighted by atomic mass is 9.85. The number of nitrogens with zero attached hydrogens (tertiary/aromatic N) is 2. The van der Waals surface area contributed by atoms with Crippen molar-refractivity contribution in [3.8, 4) is 0 Å². The van der Waals surface area contributed by atoms with Gasteiger partial charge in [0.15, 0.2) is 0 Å². The summed E-state index contributed by atoms with van der Waals surface area (Å²) in [5.74, 6) is -0.147. The van der Waals surface area contributed by atoms with Crippen molar-refractivity contribution in [1.29, 1.82) is 0 Å². The van der Waals surface area contributed by atoms with E-state index in [0.717, 1.165) is 15.4 Å². The van der Waals surface area contributed by atoms with Gasteiger partial charge in [-0.1, -0.05) is 20.8 Å². The molecule has 5 nitrogen and oxygen atoms in total. The number of aromatic nitrogens is 2. The van der Waals surface area contributed by atoms with E-state index in [0.29, 0.717) is 25.2 Å². The fourth-order valence-corrected chi connectivity index (χ4v) is 3.40. The summed E-state index contributed by atoms with van der Waals surface area (Å²) in [6, 6.07) is 2.01. The van der Waals surface area contributed by atoms with Crippen LogP contribution in [0.4, 0.5) is 0 Å². The lowest BCUT2D eigenvalue weighted by molar-refractivity contribution is 0.0945. The molecular weight excluding hydrogens is 308 g/mol. The minimum Gasteiger partial charge on any atom is -0.347 e. The standard InChI is InChI=1S/C17H24N4OS/c1-11-15(21-14(23-11)5-7-18)16(22)20-10-12-9-19-8-6-13(12)17(2,3)4/h6,8-9H,5,7,10,18H2,1-4H3,(H,20,22). The number of nitrogens with one attached hydrogen (secondary N) is 1. The van der Waals surface area contributed by atoms with Crippen LogP contribution in [0.3, 0.4) is 0 Å². The van der Waals surface area contributed by atoms with E-state index in [9.17, 15) is 4.79 Å². The average Bonchev–Trinajstić information content (AvgIpc) is 2.85. The highest BCUT2D eigenvalue weighted by atomic mass is 32.1. The quantitative estimate of drug-likeness (QED) is 0.882. The SMILES string of the molecule is Cc1sc(CCN)nc1C(=O)NCc1cnccc1C(C)(C)C. The van der Waals surface area contributed by atoms with Crippen LogP contribution in [0.25, 0.3) is 0 Å². The number of rotatable bonds is 5.